The summed E-state index contributed by atoms with van der Waals surface area (Å²) in [5, 5.41) is 7.46. The van der Waals surface area contributed by atoms with Gasteiger partial charge in [0, 0.05) is 16.4 Å². The summed E-state index contributed by atoms with van der Waals surface area (Å²) in [7, 11) is 0.579. The summed E-state index contributed by atoms with van der Waals surface area (Å²) >= 11 is 0. The molecule has 1 aliphatic rings. The van der Waals surface area contributed by atoms with Gasteiger partial charge in [-0.25, -0.2) is 9.07 Å². The maximum Gasteiger partial charge on any atom is 0.229 e. The van der Waals surface area contributed by atoms with Crippen molar-refractivity contribution in [2.75, 3.05) is 12.4 Å². The number of nitrogens with zero attached hydrogens (tertiary/aromatic N) is 2. The molecule has 144 valence electrons. The van der Waals surface area contributed by atoms with Gasteiger partial charge in [0.1, 0.15) is 17.4 Å². The van der Waals surface area contributed by atoms with E-state index in [4.69, 9.17) is 4.74 Å². The van der Waals surface area contributed by atoms with Crippen LogP contribution in [0.3, 0.4) is 0 Å². The molecule has 28 heavy (non-hydrogen) atoms. The number of hydrogen-bond donors (Lipinski definition) is 1. The Labute approximate surface area is 163 Å². The Balaban J connectivity index is 1.63. The first-order valence-electron chi connectivity index (χ1n) is 8.68. The van der Waals surface area contributed by atoms with E-state index < -0.39 is 10.8 Å². The van der Waals surface area contributed by atoms with Gasteiger partial charge in [-0.2, -0.15) is 5.10 Å². The van der Waals surface area contributed by atoms with Gasteiger partial charge in [0.25, 0.3) is 0 Å². The molecule has 1 atom stereocenters. The zero-order chi connectivity index (χ0) is 19.7. The van der Waals surface area contributed by atoms with Crippen LogP contribution in [0.4, 0.5) is 10.2 Å². The van der Waals surface area contributed by atoms with Crippen molar-refractivity contribution in [2.45, 2.75) is 17.9 Å². The molecule has 8 heteroatoms. The number of benzene rings is 2. The number of fused-ring (bicyclic) bond motifs is 1. The molecule has 4 rings (SSSR count). The molecule has 1 unspecified atom stereocenters. The highest BCUT2D eigenvalue weighted by molar-refractivity contribution is 7.83. The van der Waals surface area contributed by atoms with Crippen LogP contribution in [-0.2, 0) is 33.5 Å². The van der Waals surface area contributed by atoms with E-state index in [2.05, 4.69) is 10.4 Å². The minimum absolute atomic E-state index is 0.103. The second kappa shape index (κ2) is 7.55. The molecule has 1 amide bonds. The number of rotatable bonds is 5. The summed E-state index contributed by atoms with van der Waals surface area (Å²) in [6.07, 6.45) is 0.103. The molecular formula is C20H18FN3O3S. The molecule has 3 aromatic rings. The molecule has 2 aromatic carbocycles. The first kappa shape index (κ1) is 18.4. The molecule has 1 aliphatic heterocycles. The van der Waals surface area contributed by atoms with Gasteiger partial charge >= 0.3 is 0 Å². The molecule has 0 fully saturated rings. The lowest BCUT2D eigenvalue weighted by molar-refractivity contribution is -0.115. The number of methoxy groups -OCH3 is 1. The van der Waals surface area contributed by atoms with Crippen LogP contribution in [0, 0.1) is 5.82 Å². The fourth-order valence-electron chi connectivity index (χ4n) is 3.13. The smallest absolute Gasteiger partial charge is 0.229 e. The average Bonchev–Trinajstić information content (AvgIpc) is 3.21. The SMILES string of the molecule is COc1ccc(-n2nc3c(c2NC(=O)Cc2ccc(F)cc2)CS(=O)C3)cc1. The van der Waals surface area contributed by atoms with E-state index in [1.165, 1.54) is 12.1 Å². The van der Waals surface area contributed by atoms with E-state index in [9.17, 15) is 13.4 Å². The Morgan fingerprint density at radius 1 is 1.18 bits per heavy atom. The Morgan fingerprint density at radius 2 is 1.89 bits per heavy atom. The predicted molar refractivity (Wildman–Crippen MR) is 104 cm³/mol. The molecule has 0 bridgehead atoms. The van der Waals surface area contributed by atoms with Crippen LogP contribution in [0.15, 0.2) is 48.5 Å². The average molecular weight is 399 g/mol. The van der Waals surface area contributed by atoms with Gasteiger partial charge in [-0.15, -0.1) is 0 Å². The quantitative estimate of drug-likeness (QED) is 0.716. The van der Waals surface area contributed by atoms with Crippen LogP contribution in [0.2, 0.25) is 0 Å². The Bertz CT molecular complexity index is 1050. The molecule has 0 spiro atoms. The third-order valence-electron chi connectivity index (χ3n) is 4.52. The van der Waals surface area contributed by atoms with E-state index in [0.717, 1.165) is 16.9 Å². The van der Waals surface area contributed by atoms with Crippen LogP contribution in [-0.4, -0.2) is 27.0 Å². The molecule has 1 N–H and O–H groups in total. The van der Waals surface area contributed by atoms with Crippen LogP contribution in [0.1, 0.15) is 16.8 Å². The Morgan fingerprint density at radius 3 is 2.57 bits per heavy atom. The van der Waals surface area contributed by atoms with E-state index in [1.807, 2.05) is 24.3 Å². The van der Waals surface area contributed by atoms with Crippen molar-refractivity contribution in [3.63, 3.8) is 0 Å². The van der Waals surface area contributed by atoms with E-state index in [1.54, 1.807) is 23.9 Å². The molecule has 0 aliphatic carbocycles. The van der Waals surface area contributed by atoms with Crippen molar-refractivity contribution < 1.29 is 18.1 Å². The number of carbonyl (C=O) groups excluding carboxylic acids is 1. The van der Waals surface area contributed by atoms with Crippen molar-refractivity contribution in [2.24, 2.45) is 0 Å². The predicted octanol–water partition coefficient (Wildman–Crippen LogP) is 2.96. The van der Waals surface area contributed by atoms with Crippen LogP contribution in [0.5, 0.6) is 5.75 Å². The number of anilines is 1. The molecule has 0 radical (unpaired) electrons. The number of ether oxygens (including phenoxy) is 1. The summed E-state index contributed by atoms with van der Waals surface area (Å²) in [5.41, 5.74) is 2.99. The lowest BCUT2D eigenvalue weighted by Crippen LogP contribution is -2.18. The summed E-state index contributed by atoms with van der Waals surface area (Å²) in [5.74, 6) is 1.38. The molecule has 2 heterocycles. The standard InChI is InChI=1S/C20H18FN3O3S/c1-27-16-8-6-15(7-9-16)24-20(17-11-28(26)12-18(17)23-24)22-19(25)10-13-2-4-14(21)5-3-13/h2-9H,10-12H2,1H3,(H,22,25). The molecule has 1 aromatic heterocycles. The second-order valence-corrected chi connectivity index (χ2v) is 7.92. The second-order valence-electron chi connectivity index (χ2n) is 6.46. The Hall–Kier alpha value is -3.00. The van der Waals surface area contributed by atoms with Gasteiger partial charge in [0.2, 0.25) is 5.91 Å². The van der Waals surface area contributed by atoms with Gasteiger partial charge in [-0.3, -0.25) is 9.00 Å². The number of halogens is 1. The number of nitrogens with one attached hydrogen (secondary N) is 1. The summed E-state index contributed by atoms with van der Waals surface area (Å²) < 4.78 is 31.9. The highest BCUT2D eigenvalue weighted by atomic mass is 32.2. The summed E-state index contributed by atoms with van der Waals surface area (Å²) in [6.45, 7) is 0. The number of aromatic nitrogens is 2. The van der Waals surface area contributed by atoms with Gasteiger partial charge in [0.05, 0.1) is 36.4 Å². The largest absolute Gasteiger partial charge is 0.497 e. The third-order valence-corrected chi connectivity index (χ3v) is 5.73. The monoisotopic (exact) mass is 399 g/mol. The third kappa shape index (κ3) is 3.68. The number of amides is 1. The van der Waals surface area contributed by atoms with Crippen molar-refractivity contribution in [3.8, 4) is 11.4 Å². The summed E-state index contributed by atoms with van der Waals surface area (Å²) in [6, 6.07) is 13.1. The van der Waals surface area contributed by atoms with Crippen LogP contribution < -0.4 is 10.1 Å². The first-order chi connectivity index (χ1) is 13.5. The highest BCUT2D eigenvalue weighted by Crippen LogP contribution is 2.31. The topological polar surface area (TPSA) is 73.2 Å². The van der Waals surface area contributed by atoms with E-state index in [-0.39, 0.29) is 18.1 Å². The molecule has 0 saturated heterocycles. The number of hydrogen-bond acceptors (Lipinski definition) is 4. The number of carbonyl (C=O) groups is 1. The van der Waals surface area contributed by atoms with Gasteiger partial charge in [-0.05, 0) is 42.0 Å². The lowest BCUT2D eigenvalue weighted by Gasteiger charge is -2.11. The Kier molecular flexibility index (Phi) is 4.95. The summed E-state index contributed by atoms with van der Waals surface area (Å²) in [4.78, 5) is 12.6. The van der Waals surface area contributed by atoms with Gasteiger partial charge in [-0.1, -0.05) is 12.1 Å². The van der Waals surface area contributed by atoms with Crippen LogP contribution in [0.25, 0.3) is 5.69 Å². The zero-order valence-electron chi connectivity index (χ0n) is 15.1. The minimum Gasteiger partial charge on any atom is -0.497 e. The van der Waals surface area contributed by atoms with Crippen LogP contribution >= 0.6 is 0 Å². The maximum absolute atomic E-state index is 13.1. The normalized spacial score (nSPS) is 15.3. The van der Waals surface area contributed by atoms with Gasteiger partial charge in [0.15, 0.2) is 0 Å². The maximum atomic E-state index is 13.1. The highest BCUT2D eigenvalue weighted by Gasteiger charge is 2.28. The van der Waals surface area contributed by atoms with Crippen molar-refractivity contribution >= 4 is 22.5 Å². The fraction of sp³-hybridized carbons (Fsp3) is 0.200. The molecule has 6 nitrogen and oxygen atoms in total. The van der Waals surface area contributed by atoms with E-state index in [0.29, 0.717) is 28.6 Å². The molecular weight excluding hydrogens is 381 g/mol. The minimum atomic E-state index is -1.01. The zero-order valence-corrected chi connectivity index (χ0v) is 16.0. The lowest BCUT2D eigenvalue weighted by atomic mass is 10.1. The first-order valence-corrected chi connectivity index (χ1v) is 10.2. The van der Waals surface area contributed by atoms with Crippen molar-refractivity contribution in [3.05, 3.63) is 71.2 Å². The van der Waals surface area contributed by atoms with Crippen molar-refractivity contribution in [1.29, 1.82) is 0 Å². The fourth-order valence-corrected chi connectivity index (χ4v) is 4.39. The van der Waals surface area contributed by atoms with Crippen molar-refractivity contribution in [1.82, 2.24) is 9.78 Å². The molecule has 0 saturated carbocycles. The van der Waals surface area contributed by atoms with E-state index >= 15 is 0 Å². The van der Waals surface area contributed by atoms with Gasteiger partial charge < -0.3 is 10.1 Å².